The molecule has 1 aliphatic rings. The fraction of sp³-hybridized carbons (Fsp3) is 0.318. The van der Waals surface area contributed by atoms with Gasteiger partial charge in [-0.1, -0.05) is 0 Å². The first-order valence-electron chi connectivity index (χ1n) is 10.5. The lowest BCUT2D eigenvalue weighted by Crippen LogP contribution is -2.38. The van der Waals surface area contributed by atoms with Crippen molar-refractivity contribution in [3.05, 3.63) is 64.0 Å². The first kappa shape index (κ1) is 23.2. The van der Waals surface area contributed by atoms with Crippen LogP contribution >= 0.6 is 0 Å². The Morgan fingerprint density at radius 1 is 1.18 bits per heavy atom. The number of amides is 1. The molecular weight excluding hydrogens is 453 g/mol. The zero-order valence-electron chi connectivity index (χ0n) is 18.1. The molecule has 4 rings (SSSR count). The van der Waals surface area contributed by atoms with Gasteiger partial charge in [-0.3, -0.25) is 20.0 Å². The number of hydrogen-bond acceptors (Lipinski definition) is 6. The molecule has 0 aliphatic carbocycles. The quantitative estimate of drug-likeness (QED) is 0.414. The van der Waals surface area contributed by atoms with Crippen LogP contribution in [-0.2, 0) is 11.0 Å². The Kier molecular flexibility index (Phi) is 6.22. The lowest BCUT2D eigenvalue weighted by molar-refractivity contribution is -0.384. The molecular formula is C22H21F3N6O3. The van der Waals surface area contributed by atoms with Gasteiger partial charge in [0.1, 0.15) is 11.5 Å². The Morgan fingerprint density at radius 2 is 1.85 bits per heavy atom. The van der Waals surface area contributed by atoms with Gasteiger partial charge in [-0.2, -0.15) is 18.3 Å². The molecule has 34 heavy (non-hydrogen) atoms. The summed E-state index contributed by atoms with van der Waals surface area (Å²) in [5.74, 6) is 0.753. The van der Waals surface area contributed by atoms with E-state index in [1.54, 1.807) is 36.1 Å². The molecule has 2 N–H and O–H groups in total. The van der Waals surface area contributed by atoms with Crippen molar-refractivity contribution in [2.45, 2.75) is 25.9 Å². The second-order valence-corrected chi connectivity index (χ2v) is 8.03. The highest BCUT2D eigenvalue weighted by molar-refractivity contribution is 5.93. The van der Waals surface area contributed by atoms with Gasteiger partial charge in [-0.05, 0) is 56.2 Å². The first-order valence-corrected chi connectivity index (χ1v) is 10.5. The van der Waals surface area contributed by atoms with Crippen LogP contribution in [0.25, 0.3) is 11.4 Å². The number of carbonyl (C=O) groups excluding carboxylic acids is 1. The van der Waals surface area contributed by atoms with Crippen molar-refractivity contribution in [3.63, 3.8) is 0 Å². The number of nitrogens with zero attached hydrogens (tertiary/aromatic N) is 4. The number of aromatic nitrogens is 3. The van der Waals surface area contributed by atoms with Crippen LogP contribution in [0.1, 0.15) is 24.2 Å². The predicted molar refractivity (Wildman–Crippen MR) is 118 cm³/mol. The smallest absolute Gasteiger partial charge is 0.366 e. The molecule has 2 heterocycles. The third kappa shape index (κ3) is 5.00. The normalized spacial score (nSPS) is 14.8. The average molecular weight is 474 g/mol. The molecule has 0 saturated carbocycles. The molecule has 1 aromatic heterocycles. The van der Waals surface area contributed by atoms with Gasteiger partial charge in [0.2, 0.25) is 5.91 Å². The molecule has 12 heteroatoms. The lowest BCUT2D eigenvalue weighted by Gasteiger charge is -2.32. The Balaban J connectivity index is 1.38. The summed E-state index contributed by atoms with van der Waals surface area (Å²) in [6.45, 7) is 2.42. The van der Waals surface area contributed by atoms with Crippen molar-refractivity contribution >= 4 is 23.0 Å². The van der Waals surface area contributed by atoms with Crippen LogP contribution in [0.3, 0.4) is 0 Å². The number of piperidine rings is 1. The van der Waals surface area contributed by atoms with Gasteiger partial charge in [0.25, 0.3) is 5.69 Å². The predicted octanol–water partition coefficient (Wildman–Crippen LogP) is 4.56. The minimum Gasteiger partial charge on any atom is -0.366 e. The standard InChI is InChI=1S/C22H21F3N6O3/c1-13-26-20(29-28-13)14-2-5-17(6-3-14)27-21(32)15-8-10-30(11-9-15)18-7-4-16(22(23,24)25)12-19(18)31(33)34/h2-7,12,15H,8-11H2,1H3,(H,27,32)(H,26,28,29). The largest absolute Gasteiger partial charge is 0.416 e. The van der Waals surface area contributed by atoms with E-state index in [2.05, 4.69) is 20.5 Å². The molecule has 9 nitrogen and oxygen atoms in total. The van der Waals surface area contributed by atoms with Gasteiger partial charge in [0.15, 0.2) is 5.82 Å². The fourth-order valence-corrected chi connectivity index (χ4v) is 3.91. The number of alkyl halides is 3. The molecule has 0 unspecified atom stereocenters. The second-order valence-electron chi connectivity index (χ2n) is 8.03. The van der Waals surface area contributed by atoms with E-state index in [0.717, 1.165) is 17.7 Å². The molecule has 1 saturated heterocycles. The van der Waals surface area contributed by atoms with Crippen LogP contribution in [0.4, 0.5) is 30.2 Å². The Bertz CT molecular complexity index is 1200. The highest BCUT2D eigenvalue weighted by Crippen LogP contribution is 2.37. The molecule has 3 aromatic rings. The summed E-state index contributed by atoms with van der Waals surface area (Å²) >= 11 is 0. The number of halogens is 3. The SMILES string of the molecule is Cc1nc(-c2ccc(NC(=O)C3CCN(c4ccc(C(F)(F)F)cc4[N+](=O)[O-])CC3)cc2)n[nH]1. The van der Waals surface area contributed by atoms with E-state index in [1.807, 2.05) is 0 Å². The highest BCUT2D eigenvalue weighted by Gasteiger charge is 2.35. The molecule has 0 spiro atoms. The summed E-state index contributed by atoms with van der Waals surface area (Å²) in [6.07, 6.45) is -3.84. The van der Waals surface area contributed by atoms with Crippen LogP contribution in [0, 0.1) is 23.0 Å². The number of nitrogens with one attached hydrogen (secondary N) is 2. The fourth-order valence-electron chi connectivity index (χ4n) is 3.91. The van der Waals surface area contributed by atoms with Crippen molar-refractivity contribution < 1.29 is 22.9 Å². The summed E-state index contributed by atoms with van der Waals surface area (Å²) in [5.41, 5.74) is -0.133. The highest BCUT2D eigenvalue weighted by atomic mass is 19.4. The average Bonchev–Trinajstić information content (AvgIpc) is 3.25. The summed E-state index contributed by atoms with van der Waals surface area (Å²) < 4.78 is 38.8. The van der Waals surface area contributed by atoms with Gasteiger partial charge in [-0.25, -0.2) is 4.98 Å². The van der Waals surface area contributed by atoms with Crippen molar-refractivity contribution in [1.29, 1.82) is 0 Å². The number of anilines is 2. The Morgan fingerprint density at radius 3 is 2.41 bits per heavy atom. The minimum atomic E-state index is -4.67. The van der Waals surface area contributed by atoms with Gasteiger partial charge < -0.3 is 10.2 Å². The van der Waals surface area contributed by atoms with Crippen molar-refractivity contribution in [2.75, 3.05) is 23.3 Å². The number of rotatable bonds is 5. The molecule has 0 bridgehead atoms. The number of nitro groups is 1. The van der Waals surface area contributed by atoms with Crippen molar-refractivity contribution in [2.24, 2.45) is 5.92 Å². The van der Waals surface area contributed by atoms with E-state index in [-0.39, 0.29) is 17.5 Å². The summed E-state index contributed by atoms with van der Waals surface area (Å²) in [7, 11) is 0. The Hall–Kier alpha value is -3.96. The third-order valence-corrected chi connectivity index (χ3v) is 5.71. The number of aromatic amines is 1. The molecule has 178 valence electrons. The maximum Gasteiger partial charge on any atom is 0.416 e. The van der Waals surface area contributed by atoms with Crippen molar-refractivity contribution in [1.82, 2.24) is 15.2 Å². The van der Waals surface area contributed by atoms with Crippen LogP contribution in [0.5, 0.6) is 0 Å². The van der Waals surface area contributed by atoms with Gasteiger partial charge in [0, 0.05) is 36.3 Å². The Labute approximate surface area is 192 Å². The van der Waals surface area contributed by atoms with Gasteiger partial charge in [0.05, 0.1) is 10.5 Å². The topological polar surface area (TPSA) is 117 Å². The molecule has 1 fully saturated rings. The van der Waals surface area contributed by atoms with Crippen LogP contribution in [0.2, 0.25) is 0 Å². The van der Waals surface area contributed by atoms with Crippen LogP contribution < -0.4 is 10.2 Å². The number of carbonyl (C=O) groups is 1. The second kappa shape index (κ2) is 9.12. The summed E-state index contributed by atoms with van der Waals surface area (Å²) in [6, 6.07) is 9.61. The summed E-state index contributed by atoms with van der Waals surface area (Å²) in [5, 5.41) is 21.1. The van der Waals surface area contributed by atoms with Crippen molar-refractivity contribution in [3.8, 4) is 11.4 Å². The number of H-pyrrole nitrogens is 1. The molecule has 1 aliphatic heterocycles. The number of nitro benzene ring substituents is 1. The number of benzene rings is 2. The first-order chi connectivity index (χ1) is 16.1. The van der Waals surface area contributed by atoms with Gasteiger partial charge >= 0.3 is 6.18 Å². The molecule has 0 atom stereocenters. The van der Waals surface area contributed by atoms with E-state index < -0.39 is 22.4 Å². The molecule has 1 amide bonds. The summed E-state index contributed by atoms with van der Waals surface area (Å²) in [4.78, 5) is 29.2. The maximum atomic E-state index is 12.9. The zero-order chi connectivity index (χ0) is 24.5. The van der Waals surface area contributed by atoms with Crippen LogP contribution in [0.15, 0.2) is 42.5 Å². The molecule has 0 radical (unpaired) electrons. The molecule has 2 aromatic carbocycles. The number of aryl methyl sites for hydroxylation is 1. The monoisotopic (exact) mass is 474 g/mol. The zero-order valence-corrected chi connectivity index (χ0v) is 18.1. The van der Waals surface area contributed by atoms with E-state index in [0.29, 0.717) is 49.3 Å². The van der Waals surface area contributed by atoms with E-state index in [4.69, 9.17) is 0 Å². The van der Waals surface area contributed by atoms with Gasteiger partial charge in [-0.15, -0.1) is 0 Å². The minimum absolute atomic E-state index is 0.120. The van der Waals surface area contributed by atoms with Crippen LogP contribution in [-0.4, -0.2) is 39.1 Å². The lowest BCUT2D eigenvalue weighted by atomic mass is 9.95. The third-order valence-electron chi connectivity index (χ3n) is 5.71. The van der Waals surface area contributed by atoms with E-state index in [9.17, 15) is 28.1 Å². The van der Waals surface area contributed by atoms with E-state index in [1.165, 1.54) is 0 Å². The number of hydrogen-bond donors (Lipinski definition) is 2. The maximum absolute atomic E-state index is 12.9. The van der Waals surface area contributed by atoms with E-state index >= 15 is 0 Å².